The fourth-order valence-corrected chi connectivity index (χ4v) is 4.45. The Kier molecular flexibility index (Phi) is 6.11. The van der Waals surface area contributed by atoms with Gasteiger partial charge in [0, 0.05) is 0 Å². The first kappa shape index (κ1) is 12.7. The third-order valence-corrected chi connectivity index (χ3v) is 5.81. The number of methoxy groups -OCH3 is 2. The van der Waals surface area contributed by atoms with E-state index in [2.05, 4.69) is 9.47 Å². The second-order valence-corrected chi connectivity index (χ2v) is 8.55. The maximum absolute atomic E-state index is 11.0. The van der Waals surface area contributed by atoms with Gasteiger partial charge in [-0.15, -0.1) is 0 Å². The molecule has 13 heavy (non-hydrogen) atoms. The van der Waals surface area contributed by atoms with Crippen molar-refractivity contribution in [2.75, 3.05) is 14.2 Å². The average molecular weight is 293 g/mol. The normalized spacial score (nSPS) is 14.5. The van der Waals surface area contributed by atoms with Crippen molar-refractivity contribution in [1.82, 2.24) is 0 Å². The maximum atomic E-state index is 11.0. The first-order valence-electron chi connectivity index (χ1n) is 3.94. The predicted molar refractivity (Wildman–Crippen MR) is 48.6 cm³/mol. The van der Waals surface area contributed by atoms with E-state index < -0.39 is 21.1 Å². The van der Waals surface area contributed by atoms with Gasteiger partial charge in [-0.1, -0.05) is 0 Å². The number of hydrogen-bond donors (Lipinski definition) is 0. The quantitative estimate of drug-likeness (QED) is 0.564. The van der Waals surface area contributed by atoms with Crippen molar-refractivity contribution in [3.8, 4) is 0 Å². The van der Waals surface area contributed by atoms with Crippen LogP contribution < -0.4 is 0 Å². The molecular weight excluding hydrogens is 279 g/mol. The number of rotatable bonds is 4. The van der Waals surface area contributed by atoms with Gasteiger partial charge in [0.25, 0.3) is 0 Å². The summed E-state index contributed by atoms with van der Waals surface area (Å²) in [6.07, 6.45) is 0. The molecule has 0 aromatic carbocycles. The van der Waals surface area contributed by atoms with E-state index >= 15 is 0 Å². The fourth-order valence-electron chi connectivity index (χ4n) is 0.865. The zero-order chi connectivity index (χ0) is 10.4. The Morgan fingerprint density at radius 2 is 1.31 bits per heavy atom. The molecule has 0 saturated carbocycles. The van der Waals surface area contributed by atoms with Gasteiger partial charge in [0.05, 0.1) is 0 Å². The van der Waals surface area contributed by atoms with E-state index in [9.17, 15) is 9.59 Å². The van der Waals surface area contributed by atoms with Crippen LogP contribution in [-0.4, -0.2) is 47.3 Å². The summed E-state index contributed by atoms with van der Waals surface area (Å²) < 4.78 is 8.97. The van der Waals surface area contributed by atoms with E-state index in [4.69, 9.17) is 0 Å². The summed E-state index contributed by atoms with van der Waals surface area (Å²) in [5, 5.41) is 0. The summed E-state index contributed by atoms with van der Waals surface area (Å²) in [7, 11) is 2.72. The molecule has 0 heterocycles. The summed E-state index contributed by atoms with van der Waals surface area (Å²) in [6.45, 7) is 3.61. The zero-order valence-corrected chi connectivity index (χ0v) is 11.1. The van der Waals surface area contributed by atoms with E-state index in [-0.39, 0.29) is 19.8 Å². The van der Waals surface area contributed by atoms with Gasteiger partial charge in [0.1, 0.15) is 0 Å². The molecular formula is C8H14O4Sn. The third-order valence-electron chi connectivity index (χ3n) is 1.61. The number of ether oxygens (including phenoxy) is 2. The van der Waals surface area contributed by atoms with Crippen molar-refractivity contribution in [1.29, 1.82) is 0 Å². The molecule has 0 aromatic heterocycles. The molecule has 0 aromatic rings. The Labute approximate surface area is 88.2 Å². The summed E-state index contributed by atoms with van der Waals surface area (Å²) in [5.74, 6) is -0.440. The molecule has 0 aliphatic carbocycles. The minimum absolute atomic E-state index is 0.0947. The molecule has 0 N–H and O–H groups in total. The van der Waals surface area contributed by atoms with Crippen LogP contribution in [0.25, 0.3) is 0 Å². The fraction of sp³-hybridized carbons (Fsp3) is 0.750. The van der Waals surface area contributed by atoms with E-state index in [0.29, 0.717) is 0 Å². The first-order chi connectivity index (χ1) is 6.02. The standard InChI is InChI=1S/2C4H7O2.Sn/c2*1-3-4(5)6-2;/h2*3H,1-2H3;. The van der Waals surface area contributed by atoms with Crippen molar-refractivity contribution in [2.24, 2.45) is 0 Å². The summed E-state index contributed by atoms with van der Waals surface area (Å²) in [4.78, 5) is 22.1. The van der Waals surface area contributed by atoms with Crippen LogP contribution in [0.3, 0.4) is 0 Å². The monoisotopic (exact) mass is 294 g/mol. The average Bonchev–Trinajstić information content (AvgIpc) is 2.14. The second-order valence-electron chi connectivity index (χ2n) is 2.66. The van der Waals surface area contributed by atoms with Crippen LogP contribution >= 0.6 is 0 Å². The van der Waals surface area contributed by atoms with Crippen molar-refractivity contribution in [2.45, 2.75) is 21.7 Å². The molecule has 0 saturated heterocycles. The van der Waals surface area contributed by atoms with Crippen molar-refractivity contribution < 1.29 is 19.1 Å². The van der Waals surface area contributed by atoms with Gasteiger partial charge >= 0.3 is 88.1 Å². The van der Waals surface area contributed by atoms with Crippen LogP contribution in [0.4, 0.5) is 0 Å². The van der Waals surface area contributed by atoms with Crippen LogP contribution in [0.2, 0.25) is 7.87 Å². The molecule has 2 atom stereocenters. The molecule has 2 radical (unpaired) electrons. The van der Waals surface area contributed by atoms with E-state index in [1.807, 2.05) is 0 Å². The van der Waals surface area contributed by atoms with E-state index in [0.717, 1.165) is 0 Å². The Morgan fingerprint density at radius 1 is 1.00 bits per heavy atom. The molecule has 2 unspecified atom stereocenters. The topological polar surface area (TPSA) is 52.6 Å². The number of hydrogen-bond acceptors (Lipinski definition) is 4. The molecule has 74 valence electrons. The third kappa shape index (κ3) is 4.49. The molecule has 0 amide bonds. The second kappa shape index (κ2) is 6.23. The molecule has 0 aliphatic rings. The van der Waals surface area contributed by atoms with Crippen molar-refractivity contribution in [3.63, 3.8) is 0 Å². The Balaban J connectivity index is 3.98. The van der Waals surface area contributed by atoms with Crippen molar-refractivity contribution >= 4 is 33.1 Å². The molecule has 5 heteroatoms. The van der Waals surface area contributed by atoms with Crippen molar-refractivity contribution in [3.05, 3.63) is 0 Å². The molecule has 0 bridgehead atoms. The van der Waals surface area contributed by atoms with Crippen LogP contribution in [0.5, 0.6) is 0 Å². The molecule has 4 nitrogen and oxygen atoms in total. The van der Waals surface area contributed by atoms with E-state index in [1.54, 1.807) is 13.8 Å². The van der Waals surface area contributed by atoms with Gasteiger partial charge in [-0.05, 0) is 0 Å². The molecule has 0 fully saturated rings. The molecule has 0 spiro atoms. The summed E-state index contributed by atoms with van der Waals surface area (Å²) >= 11 is -1.09. The van der Waals surface area contributed by atoms with Gasteiger partial charge in [-0.2, -0.15) is 0 Å². The zero-order valence-electron chi connectivity index (χ0n) is 8.29. The Bertz CT molecular complexity index is 173. The van der Waals surface area contributed by atoms with E-state index in [1.165, 1.54) is 14.2 Å². The van der Waals surface area contributed by atoms with Crippen LogP contribution in [-0.2, 0) is 19.1 Å². The van der Waals surface area contributed by atoms with Crippen LogP contribution in [0.15, 0.2) is 0 Å². The minimum atomic E-state index is -1.09. The number of esters is 2. The van der Waals surface area contributed by atoms with Gasteiger partial charge < -0.3 is 0 Å². The predicted octanol–water partition coefficient (Wildman–Crippen LogP) is 0.653. The van der Waals surface area contributed by atoms with Gasteiger partial charge in [-0.3, -0.25) is 0 Å². The number of carbonyl (C=O) groups excluding carboxylic acids is 2. The summed E-state index contributed by atoms with van der Waals surface area (Å²) in [6, 6.07) is 0. The SMILES string of the molecule is COC(=O)[CH](C)[Sn][CH](C)C(=O)OC. The first-order valence-corrected chi connectivity index (χ1v) is 7.24. The molecule has 0 rings (SSSR count). The van der Waals surface area contributed by atoms with Gasteiger partial charge in [0.15, 0.2) is 0 Å². The molecule has 0 aliphatic heterocycles. The Morgan fingerprint density at radius 3 is 1.54 bits per heavy atom. The van der Waals surface area contributed by atoms with Crippen LogP contribution in [0.1, 0.15) is 13.8 Å². The van der Waals surface area contributed by atoms with Crippen LogP contribution in [0, 0.1) is 0 Å². The van der Waals surface area contributed by atoms with Gasteiger partial charge in [0.2, 0.25) is 0 Å². The summed E-state index contributed by atoms with van der Waals surface area (Å²) in [5.41, 5.74) is 0. The number of carbonyl (C=O) groups is 2. The van der Waals surface area contributed by atoms with Gasteiger partial charge in [-0.25, -0.2) is 0 Å². The Hall–Kier alpha value is -0.261.